The molecule has 3 N–H and O–H groups in total. The highest BCUT2D eigenvalue weighted by atomic mass is 16.5. The molecule has 0 radical (unpaired) electrons. The Balaban J connectivity index is 3.45. The fourth-order valence-corrected chi connectivity index (χ4v) is 11.0. The van der Waals surface area contributed by atoms with Crippen LogP contribution in [0.2, 0.25) is 0 Å². The van der Waals surface area contributed by atoms with E-state index < -0.39 is 12.1 Å². The average Bonchev–Trinajstić information content (AvgIpc) is 3.44. The second kappa shape index (κ2) is 67.6. The minimum Gasteiger partial charge on any atom is -0.466 e. The van der Waals surface area contributed by atoms with Crippen molar-refractivity contribution < 1.29 is 24.5 Å². The highest BCUT2D eigenvalue weighted by molar-refractivity contribution is 5.76. The lowest BCUT2D eigenvalue weighted by atomic mass is 10.0. The van der Waals surface area contributed by atoms with Crippen molar-refractivity contribution in [3.63, 3.8) is 0 Å². The number of unbranched alkanes of at least 4 members (excludes halogenated alkanes) is 51. The number of aliphatic hydroxyl groups excluding tert-OH is 2. The molecule has 1 amide bonds. The first-order valence-corrected chi connectivity index (χ1v) is 35.3. The Bertz CT molecular complexity index is 1260. The Morgan fingerprint density at radius 1 is 0.346 bits per heavy atom. The molecule has 6 heteroatoms. The van der Waals surface area contributed by atoms with Crippen molar-refractivity contribution in [2.24, 2.45) is 0 Å². The van der Waals surface area contributed by atoms with Crippen molar-refractivity contribution in [3.05, 3.63) is 36.5 Å². The van der Waals surface area contributed by atoms with E-state index in [1.54, 1.807) is 6.08 Å². The molecule has 0 saturated heterocycles. The number of amides is 1. The van der Waals surface area contributed by atoms with E-state index in [4.69, 9.17) is 4.74 Å². The molecule has 0 fully saturated rings. The van der Waals surface area contributed by atoms with E-state index in [2.05, 4.69) is 43.5 Å². The Labute approximate surface area is 487 Å². The molecule has 460 valence electrons. The van der Waals surface area contributed by atoms with Crippen molar-refractivity contribution in [2.75, 3.05) is 13.2 Å². The summed E-state index contributed by atoms with van der Waals surface area (Å²) >= 11 is 0. The number of carbonyl (C=O) groups is 2. The van der Waals surface area contributed by atoms with Crippen LogP contribution in [0.3, 0.4) is 0 Å². The van der Waals surface area contributed by atoms with Gasteiger partial charge in [-0.2, -0.15) is 0 Å². The first-order valence-electron chi connectivity index (χ1n) is 35.3. The van der Waals surface area contributed by atoms with Gasteiger partial charge in [0.2, 0.25) is 5.91 Å². The van der Waals surface area contributed by atoms with E-state index in [1.807, 2.05) is 6.08 Å². The van der Waals surface area contributed by atoms with Crippen molar-refractivity contribution in [1.29, 1.82) is 0 Å². The third-order valence-electron chi connectivity index (χ3n) is 16.4. The molecular weight excluding hydrogens is 959 g/mol. The molecule has 0 aromatic rings. The first-order chi connectivity index (χ1) is 38.5. The third-order valence-corrected chi connectivity index (χ3v) is 16.4. The zero-order valence-electron chi connectivity index (χ0n) is 52.7. The van der Waals surface area contributed by atoms with Crippen LogP contribution in [0.5, 0.6) is 0 Å². The van der Waals surface area contributed by atoms with Crippen LogP contribution in [0.1, 0.15) is 386 Å². The summed E-state index contributed by atoms with van der Waals surface area (Å²) in [5, 5.41) is 23.3. The zero-order valence-corrected chi connectivity index (χ0v) is 52.7. The summed E-state index contributed by atoms with van der Waals surface area (Å²) in [5.41, 5.74) is 0. The average molecular weight is 1100 g/mol. The molecule has 0 aliphatic heterocycles. The van der Waals surface area contributed by atoms with E-state index in [1.165, 1.54) is 308 Å². The Morgan fingerprint density at radius 2 is 0.603 bits per heavy atom. The van der Waals surface area contributed by atoms with Gasteiger partial charge in [0, 0.05) is 12.8 Å². The number of hydrogen-bond acceptors (Lipinski definition) is 5. The van der Waals surface area contributed by atoms with Gasteiger partial charge in [-0.05, 0) is 83.5 Å². The normalized spacial score (nSPS) is 12.7. The molecule has 0 bridgehead atoms. The van der Waals surface area contributed by atoms with Crippen LogP contribution in [0.15, 0.2) is 36.5 Å². The molecule has 6 nitrogen and oxygen atoms in total. The summed E-state index contributed by atoms with van der Waals surface area (Å²) in [5.74, 6) is -0.0701. The van der Waals surface area contributed by atoms with Crippen LogP contribution in [0.4, 0.5) is 0 Å². The van der Waals surface area contributed by atoms with Gasteiger partial charge in [0.05, 0.1) is 25.4 Å². The van der Waals surface area contributed by atoms with Gasteiger partial charge in [-0.1, -0.05) is 326 Å². The lowest BCUT2D eigenvalue weighted by molar-refractivity contribution is -0.143. The minimum atomic E-state index is -0.852. The summed E-state index contributed by atoms with van der Waals surface area (Å²) in [6.07, 6.45) is 86.4. The minimum absolute atomic E-state index is 0.00289. The van der Waals surface area contributed by atoms with Gasteiger partial charge in [-0.3, -0.25) is 9.59 Å². The topological polar surface area (TPSA) is 95.9 Å². The molecule has 2 atom stereocenters. The maximum absolute atomic E-state index is 12.5. The Kier molecular flexibility index (Phi) is 65.9. The van der Waals surface area contributed by atoms with Gasteiger partial charge in [0.15, 0.2) is 0 Å². The molecule has 2 unspecified atom stereocenters. The lowest BCUT2D eigenvalue weighted by Crippen LogP contribution is -2.45. The fourth-order valence-electron chi connectivity index (χ4n) is 11.0. The highest BCUT2D eigenvalue weighted by Crippen LogP contribution is 2.18. The number of aliphatic hydroxyl groups is 2. The van der Waals surface area contributed by atoms with Crippen LogP contribution in [-0.4, -0.2) is 47.4 Å². The Hall–Kier alpha value is -1.92. The summed E-state index contributed by atoms with van der Waals surface area (Å²) < 4.78 is 5.49. The fraction of sp³-hybridized carbons (Fsp3) is 0.889. The number of ether oxygens (including phenoxy) is 1. The standard InChI is InChI=1S/C72H137NO5/c1-3-5-7-9-11-13-15-17-19-21-22-23-24-25-26-29-33-36-40-44-48-52-56-60-64-70(75)69(68-74)73-71(76)65-61-57-53-49-45-41-37-34-30-27-28-31-35-39-43-47-51-55-59-63-67-78-72(77)66-62-58-54-50-46-42-38-32-20-18-16-14-12-10-8-6-4-2/h18,20,27,30,60,64,69-70,74-75H,3-17,19,21-26,28-29,31-59,61-63,65-68H2,1-2H3,(H,73,76)/b20-18-,30-27-,64-60+. The third kappa shape index (κ3) is 63.3. The van der Waals surface area contributed by atoms with E-state index in [9.17, 15) is 19.8 Å². The highest BCUT2D eigenvalue weighted by Gasteiger charge is 2.18. The molecule has 0 aliphatic carbocycles. The predicted molar refractivity (Wildman–Crippen MR) is 343 cm³/mol. The van der Waals surface area contributed by atoms with Crippen molar-refractivity contribution in [2.45, 2.75) is 398 Å². The molecule has 0 aliphatic rings. The van der Waals surface area contributed by atoms with Crippen LogP contribution in [0.25, 0.3) is 0 Å². The molecule has 0 heterocycles. The number of esters is 1. The quantitative estimate of drug-likeness (QED) is 0.0320. The Morgan fingerprint density at radius 3 is 0.910 bits per heavy atom. The number of carbonyl (C=O) groups excluding carboxylic acids is 2. The van der Waals surface area contributed by atoms with Crippen LogP contribution < -0.4 is 5.32 Å². The smallest absolute Gasteiger partial charge is 0.305 e. The van der Waals surface area contributed by atoms with E-state index in [-0.39, 0.29) is 18.5 Å². The number of rotatable bonds is 66. The van der Waals surface area contributed by atoms with Gasteiger partial charge >= 0.3 is 5.97 Å². The van der Waals surface area contributed by atoms with E-state index >= 15 is 0 Å². The maximum atomic E-state index is 12.5. The number of hydrogen-bond donors (Lipinski definition) is 3. The molecule has 0 spiro atoms. The second-order valence-corrected chi connectivity index (χ2v) is 24.2. The molecule has 0 aromatic carbocycles. The predicted octanol–water partition coefficient (Wildman–Crippen LogP) is 22.7. The van der Waals surface area contributed by atoms with Crippen molar-refractivity contribution in [1.82, 2.24) is 5.32 Å². The lowest BCUT2D eigenvalue weighted by Gasteiger charge is -2.20. The van der Waals surface area contributed by atoms with Gasteiger partial charge in [-0.15, -0.1) is 0 Å². The van der Waals surface area contributed by atoms with Crippen molar-refractivity contribution in [3.8, 4) is 0 Å². The van der Waals surface area contributed by atoms with Crippen LogP contribution in [-0.2, 0) is 14.3 Å². The molecule has 0 aromatic heterocycles. The molecule has 78 heavy (non-hydrogen) atoms. The van der Waals surface area contributed by atoms with Crippen LogP contribution in [0, 0.1) is 0 Å². The monoisotopic (exact) mass is 1100 g/mol. The molecular formula is C72H137NO5. The first kappa shape index (κ1) is 76.1. The van der Waals surface area contributed by atoms with Gasteiger partial charge in [-0.25, -0.2) is 0 Å². The van der Waals surface area contributed by atoms with Crippen LogP contribution >= 0.6 is 0 Å². The number of allylic oxidation sites excluding steroid dienone is 5. The maximum Gasteiger partial charge on any atom is 0.305 e. The molecule has 0 rings (SSSR count). The summed E-state index contributed by atoms with van der Waals surface area (Å²) in [7, 11) is 0. The largest absolute Gasteiger partial charge is 0.466 e. The number of nitrogens with one attached hydrogen (secondary N) is 1. The van der Waals surface area contributed by atoms with E-state index in [0.717, 1.165) is 51.4 Å². The SMILES string of the molecule is CCCCCCCC/C=C\CCCCCCCCCC(=O)OCCCCCCCCCCC/C=C\CCCCCCCCCC(=O)NC(CO)C(O)/C=C/CCCCCCCCCCCCCCCCCCCCCCCC. The van der Waals surface area contributed by atoms with Gasteiger partial charge < -0.3 is 20.3 Å². The van der Waals surface area contributed by atoms with Gasteiger partial charge in [0.1, 0.15) is 0 Å². The van der Waals surface area contributed by atoms with E-state index in [0.29, 0.717) is 19.4 Å². The zero-order chi connectivity index (χ0) is 56.4. The summed E-state index contributed by atoms with van der Waals surface area (Å²) in [6.45, 7) is 4.92. The summed E-state index contributed by atoms with van der Waals surface area (Å²) in [6, 6.07) is -0.636. The van der Waals surface area contributed by atoms with Gasteiger partial charge in [0.25, 0.3) is 0 Å². The molecule has 0 saturated carbocycles. The second-order valence-electron chi connectivity index (χ2n) is 24.2. The summed E-state index contributed by atoms with van der Waals surface area (Å²) in [4.78, 5) is 24.6. The van der Waals surface area contributed by atoms with Crippen molar-refractivity contribution >= 4 is 11.9 Å².